The van der Waals surface area contributed by atoms with Crippen molar-refractivity contribution in [2.45, 2.75) is 74.0 Å². The van der Waals surface area contributed by atoms with E-state index in [4.69, 9.17) is 9.47 Å². The molecule has 0 aliphatic heterocycles. The second-order valence-corrected chi connectivity index (χ2v) is 13.3. The summed E-state index contributed by atoms with van der Waals surface area (Å²) in [6.45, 7) is 0.345. The van der Waals surface area contributed by atoms with Gasteiger partial charge in [0.2, 0.25) is 9.84 Å². The Morgan fingerprint density at radius 2 is 0.894 bits per heavy atom. The molecule has 9 heteroatoms. The van der Waals surface area contributed by atoms with E-state index in [9.17, 15) is 28.2 Å². The van der Waals surface area contributed by atoms with Crippen molar-refractivity contribution in [3.8, 4) is 11.5 Å². The van der Waals surface area contributed by atoms with Gasteiger partial charge >= 0.3 is 11.9 Å². The van der Waals surface area contributed by atoms with Gasteiger partial charge in [-0.25, -0.2) is 18.0 Å². The molecule has 4 aromatic rings. The second kappa shape index (κ2) is 17.9. The first-order chi connectivity index (χ1) is 22.8. The van der Waals surface area contributed by atoms with Crippen molar-refractivity contribution in [2.75, 3.05) is 13.2 Å². The molecular formula is C38H42O8S. The van der Waals surface area contributed by atoms with Crippen molar-refractivity contribution in [2.24, 2.45) is 0 Å². The monoisotopic (exact) mass is 658 g/mol. The van der Waals surface area contributed by atoms with E-state index in [1.807, 2.05) is 36.4 Å². The van der Waals surface area contributed by atoms with Gasteiger partial charge in [0.15, 0.2) is 0 Å². The number of benzene rings is 4. The number of rotatable bonds is 18. The third-order valence-electron chi connectivity index (χ3n) is 7.84. The molecule has 4 aromatic carbocycles. The number of unbranched alkanes of at least 4 members (excludes halogenated alkanes) is 6. The Labute approximate surface area is 276 Å². The van der Waals surface area contributed by atoms with Crippen LogP contribution in [0.3, 0.4) is 0 Å². The van der Waals surface area contributed by atoms with E-state index in [2.05, 4.69) is 24.3 Å². The second-order valence-electron chi connectivity index (χ2n) is 11.4. The number of phenolic OH excluding ortho intramolecular Hbond substituents is 2. The van der Waals surface area contributed by atoms with Crippen LogP contribution in [0.15, 0.2) is 107 Å². The number of carbonyl (C=O) groups is 2. The molecule has 0 amide bonds. The van der Waals surface area contributed by atoms with Crippen molar-refractivity contribution >= 4 is 21.8 Å². The first-order valence-corrected chi connectivity index (χ1v) is 17.6. The average Bonchev–Trinajstić information content (AvgIpc) is 3.08. The van der Waals surface area contributed by atoms with Crippen molar-refractivity contribution in [1.29, 1.82) is 0 Å². The minimum absolute atomic E-state index is 0.0655. The molecule has 0 atom stereocenters. The molecular weight excluding hydrogens is 616 g/mol. The zero-order valence-electron chi connectivity index (χ0n) is 26.5. The number of phenols is 2. The van der Waals surface area contributed by atoms with Crippen LogP contribution in [-0.2, 0) is 32.2 Å². The molecule has 0 aliphatic rings. The molecule has 0 unspecified atom stereocenters. The molecule has 0 aromatic heterocycles. The molecule has 0 saturated heterocycles. The number of sulfone groups is 1. The summed E-state index contributed by atoms with van der Waals surface area (Å²) in [5.41, 5.74) is 2.44. The maximum Gasteiger partial charge on any atom is 0.338 e. The molecule has 47 heavy (non-hydrogen) atoms. The van der Waals surface area contributed by atoms with E-state index in [0.29, 0.717) is 12.8 Å². The topological polar surface area (TPSA) is 127 Å². The van der Waals surface area contributed by atoms with Crippen LogP contribution in [0.5, 0.6) is 11.5 Å². The molecule has 248 valence electrons. The van der Waals surface area contributed by atoms with Crippen molar-refractivity contribution in [3.63, 3.8) is 0 Å². The first-order valence-electron chi connectivity index (χ1n) is 16.1. The first kappa shape index (κ1) is 35.2. The van der Waals surface area contributed by atoms with Crippen LogP contribution in [0, 0.1) is 0 Å². The maximum absolute atomic E-state index is 13.5. The Morgan fingerprint density at radius 3 is 1.30 bits per heavy atom. The molecule has 0 bridgehead atoms. The van der Waals surface area contributed by atoms with Gasteiger partial charge in [0.05, 0.1) is 24.3 Å². The number of aryl methyl sites for hydroxylation is 2. The number of carbonyl (C=O) groups excluding carboxylic acids is 2. The van der Waals surface area contributed by atoms with Crippen LogP contribution in [0.4, 0.5) is 0 Å². The summed E-state index contributed by atoms with van der Waals surface area (Å²) in [4.78, 5) is 24.2. The average molecular weight is 659 g/mol. The highest BCUT2D eigenvalue weighted by molar-refractivity contribution is 7.91. The molecule has 4 rings (SSSR count). The summed E-state index contributed by atoms with van der Waals surface area (Å²) in [7, 11) is -4.54. The van der Waals surface area contributed by atoms with Crippen LogP contribution in [0.1, 0.15) is 83.2 Å². The summed E-state index contributed by atoms with van der Waals surface area (Å²) in [6, 6.07) is 27.2. The van der Waals surface area contributed by atoms with E-state index < -0.39 is 43.1 Å². The largest absolute Gasteiger partial charge is 0.507 e. The normalized spacial score (nSPS) is 11.2. The van der Waals surface area contributed by atoms with Crippen molar-refractivity contribution in [3.05, 3.63) is 119 Å². The predicted molar refractivity (Wildman–Crippen MR) is 179 cm³/mol. The predicted octanol–water partition coefficient (Wildman–Crippen LogP) is 7.85. The molecule has 0 saturated carbocycles. The number of esters is 2. The van der Waals surface area contributed by atoms with Gasteiger partial charge in [-0.3, -0.25) is 0 Å². The Kier molecular flexibility index (Phi) is 13.4. The van der Waals surface area contributed by atoms with Gasteiger partial charge in [0, 0.05) is 0 Å². The van der Waals surface area contributed by atoms with Crippen molar-refractivity contribution in [1.82, 2.24) is 0 Å². The highest BCUT2D eigenvalue weighted by Gasteiger charge is 2.28. The Bertz CT molecular complexity index is 1580. The van der Waals surface area contributed by atoms with Crippen LogP contribution in [-0.4, -0.2) is 43.8 Å². The van der Waals surface area contributed by atoms with Gasteiger partial charge in [0.1, 0.15) is 21.3 Å². The van der Waals surface area contributed by atoms with Crippen molar-refractivity contribution < 1.29 is 37.7 Å². The highest BCUT2D eigenvalue weighted by Crippen LogP contribution is 2.35. The summed E-state index contributed by atoms with van der Waals surface area (Å²) < 4.78 is 37.7. The third-order valence-corrected chi connectivity index (χ3v) is 9.65. The van der Waals surface area contributed by atoms with E-state index in [0.717, 1.165) is 75.6 Å². The van der Waals surface area contributed by atoms with E-state index in [-0.39, 0.29) is 24.3 Å². The van der Waals surface area contributed by atoms with E-state index in [1.165, 1.54) is 23.3 Å². The Balaban J connectivity index is 1.27. The fraction of sp³-hybridized carbons (Fsp3) is 0.316. The Hall–Kier alpha value is -4.63. The minimum atomic E-state index is -4.54. The Morgan fingerprint density at radius 1 is 0.511 bits per heavy atom. The van der Waals surface area contributed by atoms with Gasteiger partial charge in [-0.1, -0.05) is 86.3 Å². The smallest absolute Gasteiger partial charge is 0.338 e. The minimum Gasteiger partial charge on any atom is -0.507 e. The zero-order valence-corrected chi connectivity index (χ0v) is 27.3. The van der Waals surface area contributed by atoms with Gasteiger partial charge in [0.25, 0.3) is 0 Å². The standard InChI is InChI=1S/C38H42O8S/c39-33-23-21-31(37(41)45-25-13-3-1-7-15-29-17-9-5-10-18-29)27-35(33)47(43,44)36-28-32(22-24-34(36)40)38(42)46-26-14-4-2-8-16-30-19-11-6-12-20-30/h5-6,9-12,17-24,27-28,39-40H,1-4,7-8,13-16,25-26H2. The molecule has 0 spiro atoms. The molecule has 0 aliphatic carbocycles. The maximum atomic E-state index is 13.5. The summed E-state index contributed by atoms with van der Waals surface area (Å²) >= 11 is 0. The quantitative estimate of drug-likeness (QED) is 0.0818. The fourth-order valence-electron chi connectivity index (χ4n) is 5.19. The number of hydrogen-bond acceptors (Lipinski definition) is 8. The van der Waals surface area contributed by atoms with E-state index >= 15 is 0 Å². The van der Waals surface area contributed by atoms with Gasteiger partial charge in [-0.05, 0) is 86.1 Å². The molecule has 2 N–H and O–H groups in total. The summed E-state index contributed by atoms with van der Waals surface area (Å²) in [5, 5.41) is 20.9. The molecule has 0 fully saturated rings. The lowest BCUT2D eigenvalue weighted by Crippen LogP contribution is -2.11. The van der Waals surface area contributed by atoms with Crippen LogP contribution in [0.2, 0.25) is 0 Å². The number of hydrogen-bond donors (Lipinski definition) is 2. The lowest BCUT2D eigenvalue weighted by atomic mass is 10.1. The molecule has 8 nitrogen and oxygen atoms in total. The lowest BCUT2D eigenvalue weighted by Gasteiger charge is -2.12. The SMILES string of the molecule is O=C(OCCCCCCc1ccccc1)c1ccc(O)c(S(=O)(=O)c2cc(C(=O)OCCCCCCc3ccccc3)ccc2O)c1. The lowest BCUT2D eigenvalue weighted by molar-refractivity contribution is 0.0488. The van der Waals surface area contributed by atoms with Gasteiger partial charge in [-0.2, -0.15) is 0 Å². The highest BCUT2D eigenvalue weighted by atomic mass is 32.2. The summed E-state index contributed by atoms with van der Waals surface area (Å²) in [6.07, 6.45) is 9.07. The number of ether oxygens (including phenoxy) is 2. The zero-order chi connectivity index (χ0) is 33.5. The van der Waals surface area contributed by atoms with E-state index in [1.54, 1.807) is 0 Å². The fourth-order valence-corrected chi connectivity index (χ4v) is 6.67. The molecule has 0 radical (unpaired) electrons. The summed E-state index contributed by atoms with van der Waals surface area (Å²) in [5.74, 6) is -2.68. The van der Waals surface area contributed by atoms with Gasteiger partial charge < -0.3 is 19.7 Å². The van der Waals surface area contributed by atoms with Crippen LogP contribution in [0.25, 0.3) is 0 Å². The molecule has 0 heterocycles. The van der Waals surface area contributed by atoms with Gasteiger partial charge in [-0.15, -0.1) is 0 Å². The van der Waals surface area contributed by atoms with Crippen LogP contribution >= 0.6 is 0 Å². The third kappa shape index (κ3) is 10.7. The number of aromatic hydroxyl groups is 2. The van der Waals surface area contributed by atoms with Crippen LogP contribution < -0.4 is 0 Å².